The van der Waals surface area contributed by atoms with Crippen molar-refractivity contribution in [2.75, 3.05) is 26.4 Å². The first-order valence-electron chi connectivity index (χ1n) is 24.2. The maximum Gasteiger partial charge on any atom is 0.472 e. The largest absolute Gasteiger partial charge is 0.480 e. The SMILES string of the molecule is CCCCCCC/C=C\C/C=C\C/C=C\CCCCCCCCC(=O)OC(COCCCCCCCC/C=C\CCCCCCCCC)COP(=O)(O)OCC(N)C(=O)O. The lowest BCUT2D eigenvalue weighted by Crippen LogP contribution is -2.34. The van der Waals surface area contributed by atoms with Crippen LogP contribution in [0.25, 0.3) is 0 Å². The molecule has 0 amide bonds. The monoisotopic (exact) mass is 868 g/mol. The summed E-state index contributed by atoms with van der Waals surface area (Å²) in [6.45, 7) is 3.85. The second-order valence-electron chi connectivity index (χ2n) is 16.2. The first kappa shape index (κ1) is 57.9. The second kappa shape index (κ2) is 45.0. The fraction of sp³-hybridized carbons (Fsp3) is 0.796. The highest BCUT2D eigenvalue weighted by molar-refractivity contribution is 7.47. The number of aliphatic carboxylic acids is 1. The van der Waals surface area contributed by atoms with E-state index in [2.05, 4.69) is 62.5 Å². The zero-order valence-electron chi connectivity index (χ0n) is 38.3. The first-order chi connectivity index (χ1) is 29.2. The summed E-state index contributed by atoms with van der Waals surface area (Å²) in [6, 6.07) is -1.48. The molecule has 0 saturated heterocycles. The van der Waals surface area contributed by atoms with E-state index in [0.29, 0.717) is 13.0 Å². The third-order valence-electron chi connectivity index (χ3n) is 10.3. The van der Waals surface area contributed by atoms with Crippen LogP contribution < -0.4 is 5.73 Å². The number of unbranched alkanes of at least 4 members (excludes halogenated alkanes) is 24. The molecule has 3 atom stereocenters. The van der Waals surface area contributed by atoms with E-state index in [1.54, 1.807) is 0 Å². The number of carboxylic acid groups (broad SMARTS) is 1. The number of esters is 1. The van der Waals surface area contributed by atoms with Gasteiger partial charge in [0.05, 0.1) is 19.8 Å². The molecule has 0 aromatic heterocycles. The third kappa shape index (κ3) is 44.0. The summed E-state index contributed by atoms with van der Waals surface area (Å²) in [5.41, 5.74) is 5.37. The summed E-state index contributed by atoms with van der Waals surface area (Å²) in [5, 5.41) is 8.91. The van der Waals surface area contributed by atoms with Gasteiger partial charge in [0.25, 0.3) is 0 Å². The lowest BCUT2D eigenvalue weighted by molar-refractivity contribution is -0.154. The van der Waals surface area contributed by atoms with Crippen LogP contribution in [0.4, 0.5) is 0 Å². The van der Waals surface area contributed by atoms with Crippen LogP contribution in [0.2, 0.25) is 0 Å². The Kier molecular flexibility index (Phi) is 43.4. The molecule has 0 radical (unpaired) electrons. The number of carbonyl (C=O) groups is 2. The van der Waals surface area contributed by atoms with E-state index < -0.39 is 45.1 Å². The van der Waals surface area contributed by atoms with Crippen LogP contribution in [0.1, 0.15) is 213 Å². The van der Waals surface area contributed by atoms with Crippen molar-refractivity contribution < 1.29 is 42.7 Å². The van der Waals surface area contributed by atoms with Gasteiger partial charge in [-0.05, 0) is 77.0 Å². The van der Waals surface area contributed by atoms with Gasteiger partial charge in [-0.1, -0.05) is 178 Å². The molecule has 0 aromatic rings. The number of ether oxygens (including phenoxy) is 2. The number of nitrogens with two attached hydrogens (primary N) is 1. The van der Waals surface area contributed by atoms with Crippen molar-refractivity contribution in [2.45, 2.75) is 225 Å². The van der Waals surface area contributed by atoms with Gasteiger partial charge in [-0.15, -0.1) is 0 Å². The molecular formula is C49H90NO9P. The van der Waals surface area contributed by atoms with Crippen molar-refractivity contribution in [3.63, 3.8) is 0 Å². The highest BCUT2D eigenvalue weighted by Crippen LogP contribution is 2.43. The topological polar surface area (TPSA) is 155 Å². The minimum absolute atomic E-state index is 0.00690. The molecule has 0 fully saturated rings. The van der Waals surface area contributed by atoms with E-state index in [9.17, 15) is 19.0 Å². The van der Waals surface area contributed by atoms with Crippen molar-refractivity contribution in [1.29, 1.82) is 0 Å². The smallest absolute Gasteiger partial charge is 0.472 e. The van der Waals surface area contributed by atoms with E-state index in [0.717, 1.165) is 77.0 Å². The van der Waals surface area contributed by atoms with Gasteiger partial charge >= 0.3 is 19.8 Å². The molecule has 0 aliphatic carbocycles. The summed E-state index contributed by atoms with van der Waals surface area (Å²) < 4.78 is 33.4. The Hall–Kier alpha value is -2.07. The van der Waals surface area contributed by atoms with Gasteiger partial charge in [-0.25, -0.2) is 4.57 Å². The summed E-state index contributed by atoms with van der Waals surface area (Å²) in [5.74, 6) is -1.79. The molecule has 4 N–H and O–H groups in total. The van der Waals surface area contributed by atoms with Crippen molar-refractivity contribution in [3.05, 3.63) is 48.6 Å². The maximum atomic E-state index is 12.7. The number of allylic oxidation sites excluding steroid dienone is 8. The standard InChI is InChI=1S/C49H90NO9P/c1-3-5-7-9-11-13-15-17-19-21-22-23-24-25-27-29-31-33-35-37-39-41-48(51)59-46(44-57-60(54,55)58-45-47(50)49(52)53)43-56-42-40-38-36-34-32-30-28-26-20-18-16-14-12-10-8-6-4-2/h15,17,20-22,24-26,46-47H,3-14,16,18-19,23,27-45,50H2,1-2H3,(H,52,53)(H,54,55)/b17-15-,22-21-,25-24-,26-20-. The number of phosphoric acid groups is 1. The van der Waals surface area contributed by atoms with Crippen LogP contribution in [0, 0.1) is 0 Å². The van der Waals surface area contributed by atoms with Gasteiger partial charge in [-0.2, -0.15) is 0 Å². The van der Waals surface area contributed by atoms with Crippen molar-refractivity contribution in [3.8, 4) is 0 Å². The highest BCUT2D eigenvalue weighted by Gasteiger charge is 2.27. The molecule has 11 heteroatoms. The van der Waals surface area contributed by atoms with Gasteiger partial charge in [0.15, 0.2) is 0 Å². The minimum atomic E-state index is -4.63. The Labute approximate surface area is 367 Å². The molecule has 0 rings (SSSR count). The zero-order chi connectivity index (χ0) is 44.0. The Morgan fingerprint density at radius 2 is 0.917 bits per heavy atom. The molecule has 0 spiro atoms. The molecule has 0 aliphatic heterocycles. The van der Waals surface area contributed by atoms with Crippen molar-refractivity contribution in [1.82, 2.24) is 0 Å². The summed E-state index contributed by atoms with van der Waals surface area (Å²) in [4.78, 5) is 33.6. The fourth-order valence-electron chi connectivity index (χ4n) is 6.55. The van der Waals surface area contributed by atoms with E-state index >= 15 is 0 Å². The molecule has 0 saturated carbocycles. The second-order valence-corrected chi connectivity index (χ2v) is 17.7. The Balaban J connectivity index is 4.23. The van der Waals surface area contributed by atoms with Crippen LogP contribution in [0.5, 0.6) is 0 Å². The number of hydrogen-bond donors (Lipinski definition) is 3. The molecular weight excluding hydrogens is 778 g/mol. The molecule has 0 aromatic carbocycles. The van der Waals surface area contributed by atoms with E-state index in [1.807, 2.05) is 0 Å². The molecule has 3 unspecified atom stereocenters. The number of phosphoric ester groups is 1. The summed E-state index contributed by atoms with van der Waals surface area (Å²) >= 11 is 0. The van der Waals surface area contributed by atoms with E-state index in [-0.39, 0.29) is 13.0 Å². The van der Waals surface area contributed by atoms with E-state index in [1.165, 1.54) is 109 Å². The normalized spacial score (nSPS) is 14.2. The molecule has 0 bridgehead atoms. The van der Waals surface area contributed by atoms with Gasteiger partial charge < -0.3 is 25.2 Å². The van der Waals surface area contributed by atoms with Crippen LogP contribution >= 0.6 is 7.82 Å². The lowest BCUT2D eigenvalue weighted by atomic mass is 10.1. The maximum absolute atomic E-state index is 12.7. The molecule has 0 heterocycles. The number of carbonyl (C=O) groups excluding carboxylic acids is 1. The summed E-state index contributed by atoms with van der Waals surface area (Å²) in [6.07, 6.45) is 53.0. The predicted octanol–water partition coefficient (Wildman–Crippen LogP) is 13.8. The Bertz CT molecular complexity index is 1140. The molecule has 0 aliphatic rings. The molecule has 60 heavy (non-hydrogen) atoms. The van der Waals surface area contributed by atoms with Gasteiger partial charge in [-0.3, -0.25) is 18.6 Å². The number of carboxylic acids is 1. The molecule has 350 valence electrons. The van der Waals surface area contributed by atoms with Crippen molar-refractivity contribution >= 4 is 19.8 Å². The first-order valence-corrected chi connectivity index (χ1v) is 25.7. The quantitative estimate of drug-likeness (QED) is 0.0233. The van der Waals surface area contributed by atoms with Crippen LogP contribution in [-0.2, 0) is 32.7 Å². The number of rotatable bonds is 46. The lowest BCUT2D eigenvalue weighted by Gasteiger charge is -2.20. The van der Waals surface area contributed by atoms with Crippen LogP contribution in [0.3, 0.4) is 0 Å². The Morgan fingerprint density at radius 3 is 1.38 bits per heavy atom. The van der Waals surface area contributed by atoms with Crippen molar-refractivity contribution in [2.24, 2.45) is 5.73 Å². The highest BCUT2D eigenvalue weighted by atomic mass is 31.2. The third-order valence-corrected chi connectivity index (χ3v) is 11.3. The van der Waals surface area contributed by atoms with Crippen LogP contribution in [0.15, 0.2) is 48.6 Å². The minimum Gasteiger partial charge on any atom is -0.480 e. The Morgan fingerprint density at radius 1 is 0.533 bits per heavy atom. The van der Waals surface area contributed by atoms with Gasteiger partial charge in [0.2, 0.25) is 0 Å². The predicted molar refractivity (Wildman–Crippen MR) is 249 cm³/mol. The number of hydrogen-bond acceptors (Lipinski definition) is 8. The van der Waals surface area contributed by atoms with E-state index in [4.69, 9.17) is 29.4 Å². The van der Waals surface area contributed by atoms with Crippen LogP contribution in [-0.4, -0.2) is 60.5 Å². The summed E-state index contributed by atoms with van der Waals surface area (Å²) in [7, 11) is -4.63. The molecule has 10 nitrogen and oxygen atoms in total. The average Bonchev–Trinajstić information content (AvgIpc) is 3.23. The van der Waals surface area contributed by atoms with Gasteiger partial charge in [0, 0.05) is 13.0 Å². The average molecular weight is 868 g/mol. The fourth-order valence-corrected chi connectivity index (χ4v) is 7.32. The zero-order valence-corrected chi connectivity index (χ0v) is 39.2. The van der Waals surface area contributed by atoms with Gasteiger partial charge in [0.1, 0.15) is 12.1 Å².